The maximum atomic E-state index is 11.8. The highest BCUT2D eigenvalue weighted by atomic mass is 16.3. The molecule has 2 rings (SSSR count). The second kappa shape index (κ2) is 8.89. The summed E-state index contributed by atoms with van der Waals surface area (Å²) < 4.78 is 1.95. The van der Waals surface area contributed by atoms with Gasteiger partial charge in [-0.3, -0.25) is 9.69 Å². The van der Waals surface area contributed by atoms with Gasteiger partial charge >= 0.3 is 0 Å². The van der Waals surface area contributed by atoms with E-state index in [-0.39, 0.29) is 11.2 Å². The minimum atomic E-state index is -0.349. The Balaban J connectivity index is 2.21. The highest BCUT2D eigenvalue weighted by Crippen LogP contribution is 2.11. The van der Waals surface area contributed by atoms with Gasteiger partial charge in [-0.15, -0.1) is 13.2 Å². The van der Waals surface area contributed by atoms with Crippen LogP contribution in [0, 0.1) is 0 Å². The molecule has 1 heterocycles. The van der Waals surface area contributed by atoms with E-state index in [1.807, 2.05) is 34.9 Å². The Labute approximate surface area is 143 Å². The zero-order chi connectivity index (χ0) is 17.4. The molecule has 4 nitrogen and oxygen atoms in total. The van der Waals surface area contributed by atoms with Gasteiger partial charge in [0, 0.05) is 37.9 Å². The third kappa shape index (κ3) is 4.96. The summed E-state index contributed by atoms with van der Waals surface area (Å²) in [6.07, 6.45) is 6.02. The molecule has 0 bridgehead atoms. The third-order valence-corrected chi connectivity index (χ3v) is 3.84. The molecule has 0 amide bonds. The van der Waals surface area contributed by atoms with Gasteiger partial charge in [0.05, 0.1) is 6.20 Å². The summed E-state index contributed by atoms with van der Waals surface area (Å²) in [7, 11) is 0. The fourth-order valence-electron chi connectivity index (χ4n) is 2.64. The first-order valence-electron chi connectivity index (χ1n) is 8.04. The Morgan fingerprint density at radius 1 is 1.12 bits per heavy atom. The predicted molar refractivity (Wildman–Crippen MR) is 98.2 cm³/mol. The molecule has 1 N–H and O–H groups in total. The summed E-state index contributed by atoms with van der Waals surface area (Å²) in [5.41, 5.74) is 1.74. The van der Waals surface area contributed by atoms with Crippen LogP contribution in [0.1, 0.15) is 11.3 Å². The van der Waals surface area contributed by atoms with Crippen molar-refractivity contribution in [3.63, 3.8) is 0 Å². The Morgan fingerprint density at radius 2 is 1.79 bits per heavy atom. The van der Waals surface area contributed by atoms with E-state index < -0.39 is 0 Å². The zero-order valence-electron chi connectivity index (χ0n) is 13.9. The van der Waals surface area contributed by atoms with E-state index in [1.54, 1.807) is 0 Å². The summed E-state index contributed by atoms with van der Waals surface area (Å²) in [5.74, 6) is -0.217. The first-order chi connectivity index (χ1) is 11.6. The van der Waals surface area contributed by atoms with Crippen molar-refractivity contribution in [1.29, 1.82) is 0 Å². The fraction of sp³-hybridized carbons (Fsp3) is 0.250. The van der Waals surface area contributed by atoms with E-state index in [2.05, 4.69) is 30.2 Å². The van der Waals surface area contributed by atoms with Gasteiger partial charge in [0.25, 0.3) is 0 Å². The molecule has 0 spiro atoms. The number of aromatic hydroxyl groups is 1. The van der Waals surface area contributed by atoms with Gasteiger partial charge in [-0.2, -0.15) is 0 Å². The quantitative estimate of drug-likeness (QED) is 0.721. The van der Waals surface area contributed by atoms with E-state index in [1.165, 1.54) is 17.8 Å². The summed E-state index contributed by atoms with van der Waals surface area (Å²) in [4.78, 5) is 14.0. The first-order valence-corrected chi connectivity index (χ1v) is 8.04. The molecule has 0 saturated heterocycles. The maximum absolute atomic E-state index is 11.8. The molecule has 1 aromatic heterocycles. The van der Waals surface area contributed by atoms with Gasteiger partial charge in [-0.25, -0.2) is 0 Å². The average molecular weight is 324 g/mol. The Bertz CT molecular complexity index is 725. The van der Waals surface area contributed by atoms with E-state index in [4.69, 9.17) is 0 Å². The lowest BCUT2D eigenvalue weighted by Crippen LogP contribution is -2.26. The SMILES string of the molecule is C=CCN(CC=C)Cc1cc(=O)c(O)cn1CCc1ccccc1. The summed E-state index contributed by atoms with van der Waals surface area (Å²) >= 11 is 0. The van der Waals surface area contributed by atoms with E-state index in [0.29, 0.717) is 26.2 Å². The number of rotatable bonds is 9. The Morgan fingerprint density at radius 3 is 2.42 bits per heavy atom. The highest BCUT2D eigenvalue weighted by molar-refractivity contribution is 5.21. The second-order valence-electron chi connectivity index (χ2n) is 5.71. The van der Waals surface area contributed by atoms with Crippen molar-refractivity contribution in [1.82, 2.24) is 9.47 Å². The van der Waals surface area contributed by atoms with Crippen molar-refractivity contribution in [2.75, 3.05) is 13.1 Å². The number of aryl methyl sites for hydroxylation is 2. The number of nitrogens with zero attached hydrogens (tertiary/aromatic N) is 2. The average Bonchev–Trinajstić information content (AvgIpc) is 2.58. The molecular formula is C20H24N2O2. The van der Waals surface area contributed by atoms with Gasteiger partial charge in [-0.1, -0.05) is 42.5 Å². The predicted octanol–water partition coefficient (Wildman–Crippen LogP) is 2.97. The molecule has 126 valence electrons. The van der Waals surface area contributed by atoms with Gasteiger partial charge in [0.1, 0.15) is 0 Å². The minimum absolute atomic E-state index is 0.217. The lowest BCUT2D eigenvalue weighted by atomic mass is 10.1. The Hall–Kier alpha value is -2.59. The van der Waals surface area contributed by atoms with E-state index in [9.17, 15) is 9.90 Å². The molecule has 0 unspecified atom stereocenters. The monoisotopic (exact) mass is 324 g/mol. The van der Waals surface area contributed by atoms with Crippen molar-refractivity contribution in [3.8, 4) is 5.75 Å². The Kier molecular flexibility index (Phi) is 6.58. The summed E-state index contributed by atoms with van der Waals surface area (Å²) in [6, 6.07) is 11.7. The van der Waals surface area contributed by atoms with Crippen molar-refractivity contribution < 1.29 is 5.11 Å². The number of benzene rings is 1. The molecule has 0 atom stereocenters. The van der Waals surface area contributed by atoms with Crippen LogP contribution in [0.3, 0.4) is 0 Å². The van der Waals surface area contributed by atoms with Crippen LogP contribution in [0.25, 0.3) is 0 Å². The molecule has 0 aliphatic heterocycles. The van der Waals surface area contributed by atoms with Crippen molar-refractivity contribution in [2.45, 2.75) is 19.5 Å². The van der Waals surface area contributed by atoms with Crippen LogP contribution in [-0.2, 0) is 19.5 Å². The van der Waals surface area contributed by atoms with Crippen LogP contribution >= 0.6 is 0 Å². The molecule has 1 aromatic carbocycles. The first kappa shape index (κ1) is 17.8. The molecule has 4 heteroatoms. The fourth-order valence-corrected chi connectivity index (χ4v) is 2.64. The van der Waals surface area contributed by atoms with Gasteiger partial charge in [0.15, 0.2) is 5.75 Å². The topological polar surface area (TPSA) is 45.5 Å². The minimum Gasteiger partial charge on any atom is -0.503 e. The molecule has 0 aliphatic rings. The number of aromatic nitrogens is 1. The molecule has 0 fully saturated rings. The van der Waals surface area contributed by atoms with Crippen molar-refractivity contribution in [3.05, 3.63) is 89.4 Å². The number of hydrogen-bond acceptors (Lipinski definition) is 3. The normalized spacial score (nSPS) is 10.7. The molecular weight excluding hydrogens is 300 g/mol. The van der Waals surface area contributed by atoms with Crippen LogP contribution in [0.4, 0.5) is 0 Å². The molecule has 24 heavy (non-hydrogen) atoms. The van der Waals surface area contributed by atoms with Gasteiger partial charge in [0.2, 0.25) is 5.43 Å². The van der Waals surface area contributed by atoms with Crippen LogP contribution in [0.15, 0.2) is 72.7 Å². The standard InChI is InChI=1S/C20H24N2O2/c1-3-11-21(12-4-2)15-18-14-19(23)20(24)16-22(18)13-10-17-8-6-5-7-9-17/h3-9,14,16,24H,1-2,10-13,15H2. The highest BCUT2D eigenvalue weighted by Gasteiger charge is 2.10. The molecule has 0 radical (unpaired) electrons. The second-order valence-corrected chi connectivity index (χ2v) is 5.71. The van der Waals surface area contributed by atoms with Gasteiger partial charge < -0.3 is 9.67 Å². The van der Waals surface area contributed by atoms with Crippen LogP contribution in [0.5, 0.6) is 5.75 Å². The van der Waals surface area contributed by atoms with Crippen molar-refractivity contribution in [2.24, 2.45) is 0 Å². The third-order valence-electron chi connectivity index (χ3n) is 3.84. The van der Waals surface area contributed by atoms with Crippen LogP contribution in [-0.4, -0.2) is 27.7 Å². The summed E-state index contributed by atoms with van der Waals surface area (Å²) in [6.45, 7) is 10.3. The van der Waals surface area contributed by atoms with Crippen LogP contribution in [0.2, 0.25) is 0 Å². The molecule has 0 saturated carbocycles. The smallest absolute Gasteiger partial charge is 0.223 e. The largest absolute Gasteiger partial charge is 0.503 e. The van der Waals surface area contributed by atoms with Crippen LogP contribution < -0.4 is 5.43 Å². The van der Waals surface area contributed by atoms with Gasteiger partial charge in [-0.05, 0) is 12.0 Å². The number of pyridine rings is 1. The summed E-state index contributed by atoms with van der Waals surface area (Å²) in [5, 5.41) is 9.78. The lowest BCUT2D eigenvalue weighted by molar-refractivity contribution is 0.315. The van der Waals surface area contributed by atoms with E-state index >= 15 is 0 Å². The van der Waals surface area contributed by atoms with E-state index in [0.717, 1.165) is 12.1 Å². The lowest BCUT2D eigenvalue weighted by Gasteiger charge is -2.22. The van der Waals surface area contributed by atoms with Crippen molar-refractivity contribution >= 4 is 0 Å². The number of hydrogen-bond donors (Lipinski definition) is 1. The molecule has 0 aliphatic carbocycles. The zero-order valence-corrected chi connectivity index (χ0v) is 13.9. The molecule has 2 aromatic rings. The maximum Gasteiger partial charge on any atom is 0.223 e.